The Bertz CT molecular complexity index is 1330. The zero-order valence-electron chi connectivity index (χ0n) is 19.9. The number of benzene rings is 3. The second kappa shape index (κ2) is 12.4. The average Bonchev–Trinajstić information content (AvgIpc) is 2.83. The standard InChI is InChI=1S/C26H27ClN2O6S/c1-3-35-28-17-21-10-8-20(9-11-21)12-13-34-23-15-19(2)14-22(16-23)29(18-26(30)31)36(32,33)25-7-5-4-6-24(25)27/h4-11,14-17H,3,12-13,18H2,1-2H3,(H,30,31). The number of nitrogens with zero attached hydrogens (tertiary/aromatic N) is 2. The molecule has 0 radical (unpaired) electrons. The maximum Gasteiger partial charge on any atom is 0.324 e. The molecule has 1 N–H and O–H groups in total. The minimum absolute atomic E-state index is 0.00666. The molecule has 0 aliphatic rings. The van der Waals surface area contributed by atoms with Crippen molar-refractivity contribution in [3.63, 3.8) is 0 Å². The summed E-state index contributed by atoms with van der Waals surface area (Å²) in [5, 5.41) is 13.3. The highest BCUT2D eigenvalue weighted by atomic mass is 35.5. The quantitative estimate of drug-likeness (QED) is 0.263. The Kier molecular flexibility index (Phi) is 9.32. The highest BCUT2D eigenvalue weighted by molar-refractivity contribution is 7.93. The van der Waals surface area contributed by atoms with Crippen molar-refractivity contribution in [3.05, 3.63) is 88.4 Å². The van der Waals surface area contributed by atoms with Crippen molar-refractivity contribution in [2.24, 2.45) is 5.16 Å². The Hall–Kier alpha value is -3.56. The van der Waals surface area contributed by atoms with Crippen molar-refractivity contribution < 1.29 is 27.9 Å². The summed E-state index contributed by atoms with van der Waals surface area (Å²) in [6.45, 7) is 3.71. The molecule has 0 saturated carbocycles. The lowest BCUT2D eigenvalue weighted by atomic mass is 10.1. The topological polar surface area (TPSA) is 106 Å². The first kappa shape index (κ1) is 27.0. The number of ether oxygens (including phenoxy) is 1. The number of aryl methyl sites for hydroxylation is 1. The number of carboxylic acids is 1. The van der Waals surface area contributed by atoms with E-state index in [1.807, 2.05) is 31.2 Å². The average molecular weight is 531 g/mol. The second-order valence-corrected chi connectivity index (χ2v) is 10.1. The van der Waals surface area contributed by atoms with Crippen molar-refractivity contribution in [2.75, 3.05) is 24.1 Å². The SMILES string of the molecule is CCON=Cc1ccc(CCOc2cc(C)cc(N(CC(=O)O)S(=O)(=O)c3ccccc3Cl)c2)cc1. The summed E-state index contributed by atoms with van der Waals surface area (Å²) >= 11 is 6.12. The minimum Gasteiger partial charge on any atom is -0.493 e. The molecule has 0 spiro atoms. The van der Waals surface area contributed by atoms with Gasteiger partial charge in [-0.1, -0.05) is 53.2 Å². The number of hydrogen-bond acceptors (Lipinski definition) is 6. The van der Waals surface area contributed by atoms with Crippen LogP contribution in [0.2, 0.25) is 5.02 Å². The van der Waals surface area contributed by atoms with Gasteiger partial charge in [-0.3, -0.25) is 9.10 Å². The van der Waals surface area contributed by atoms with Crippen molar-refractivity contribution in [2.45, 2.75) is 25.2 Å². The number of hydrogen-bond donors (Lipinski definition) is 1. The number of halogens is 1. The summed E-state index contributed by atoms with van der Waals surface area (Å²) in [4.78, 5) is 16.3. The van der Waals surface area contributed by atoms with Gasteiger partial charge in [-0.05, 0) is 54.8 Å². The summed E-state index contributed by atoms with van der Waals surface area (Å²) in [7, 11) is -4.24. The molecule has 10 heteroatoms. The van der Waals surface area contributed by atoms with Crippen LogP contribution in [0.25, 0.3) is 0 Å². The highest BCUT2D eigenvalue weighted by Crippen LogP contribution is 2.31. The lowest BCUT2D eigenvalue weighted by Crippen LogP contribution is -2.36. The van der Waals surface area contributed by atoms with E-state index in [9.17, 15) is 18.3 Å². The summed E-state index contributed by atoms with van der Waals surface area (Å²) in [5.74, 6) is -0.875. The van der Waals surface area contributed by atoms with E-state index in [1.54, 1.807) is 31.3 Å². The van der Waals surface area contributed by atoms with Crippen LogP contribution in [0.5, 0.6) is 5.75 Å². The monoisotopic (exact) mass is 530 g/mol. The van der Waals surface area contributed by atoms with Gasteiger partial charge >= 0.3 is 5.97 Å². The van der Waals surface area contributed by atoms with Gasteiger partial charge in [0.2, 0.25) is 0 Å². The predicted octanol–water partition coefficient (Wildman–Crippen LogP) is 4.92. The number of rotatable bonds is 12. The fourth-order valence-electron chi connectivity index (χ4n) is 3.40. The summed E-state index contributed by atoms with van der Waals surface area (Å²) in [6, 6.07) is 18.5. The molecule has 36 heavy (non-hydrogen) atoms. The van der Waals surface area contributed by atoms with E-state index in [0.29, 0.717) is 30.9 Å². The van der Waals surface area contributed by atoms with E-state index >= 15 is 0 Å². The number of carboxylic acid groups (broad SMARTS) is 1. The molecule has 0 atom stereocenters. The van der Waals surface area contributed by atoms with Crippen LogP contribution in [0.4, 0.5) is 5.69 Å². The number of sulfonamides is 1. The van der Waals surface area contributed by atoms with Crippen LogP contribution in [0.1, 0.15) is 23.6 Å². The molecule has 0 aliphatic heterocycles. The lowest BCUT2D eigenvalue weighted by molar-refractivity contribution is -0.135. The fraction of sp³-hybridized carbons (Fsp3) is 0.231. The summed E-state index contributed by atoms with van der Waals surface area (Å²) < 4.78 is 33.4. The number of oxime groups is 1. The Balaban J connectivity index is 1.78. The number of anilines is 1. The van der Waals surface area contributed by atoms with Gasteiger partial charge in [0.15, 0.2) is 0 Å². The fourth-order valence-corrected chi connectivity index (χ4v) is 5.29. The molecule has 3 aromatic carbocycles. The van der Waals surface area contributed by atoms with E-state index in [2.05, 4.69) is 5.16 Å². The first-order valence-electron chi connectivity index (χ1n) is 11.2. The predicted molar refractivity (Wildman–Crippen MR) is 140 cm³/mol. The van der Waals surface area contributed by atoms with Crippen LogP contribution in [0.15, 0.2) is 76.8 Å². The number of aliphatic carboxylic acids is 1. The van der Waals surface area contributed by atoms with Crippen molar-refractivity contribution in [3.8, 4) is 5.75 Å². The van der Waals surface area contributed by atoms with Gasteiger partial charge in [0, 0.05) is 12.5 Å². The van der Waals surface area contributed by atoms with Crippen LogP contribution in [0.3, 0.4) is 0 Å². The zero-order valence-corrected chi connectivity index (χ0v) is 21.5. The highest BCUT2D eigenvalue weighted by Gasteiger charge is 2.29. The molecule has 0 aromatic heterocycles. The van der Waals surface area contributed by atoms with Gasteiger partial charge < -0.3 is 14.7 Å². The molecule has 3 aromatic rings. The molecular weight excluding hydrogens is 504 g/mol. The van der Waals surface area contributed by atoms with E-state index in [-0.39, 0.29) is 15.6 Å². The molecule has 190 valence electrons. The molecule has 0 heterocycles. The van der Waals surface area contributed by atoms with Crippen LogP contribution < -0.4 is 9.04 Å². The third-order valence-electron chi connectivity index (χ3n) is 5.05. The molecular formula is C26H27ClN2O6S. The Morgan fingerprint density at radius 3 is 2.50 bits per heavy atom. The van der Waals surface area contributed by atoms with Crippen molar-refractivity contribution >= 4 is 39.5 Å². The van der Waals surface area contributed by atoms with Gasteiger partial charge in [0.25, 0.3) is 10.0 Å². The zero-order chi connectivity index (χ0) is 26.1. The summed E-state index contributed by atoms with van der Waals surface area (Å²) in [6.07, 6.45) is 2.25. The third kappa shape index (κ3) is 7.22. The first-order chi connectivity index (χ1) is 17.2. The molecule has 0 unspecified atom stereocenters. The normalized spacial score (nSPS) is 11.4. The van der Waals surface area contributed by atoms with Crippen LogP contribution in [-0.2, 0) is 26.1 Å². The largest absolute Gasteiger partial charge is 0.493 e. The maximum absolute atomic E-state index is 13.3. The molecule has 0 amide bonds. The van der Waals surface area contributed by atoms with E-state index in [4.69, 9.17) is 21.2 Å². The smallest absolute Gasteiger partial charge is 0.324 e. The third-order valence-corrected chi connectivity index (χ3v) is 7.33. The van der Waals surface area contributed by atoms with Gasteiger partial charge in [-0.2, -0.15) is 0 Å². The van der Waals surface area contributed by atoms with Crippen LogP contribution in [-0.4, -0.2) is 45.5 Å². The molecule has 0 bridgehead atoms. The van der Waals surface area contributed by atoms with E-state index < -0.39 is 22.5 Å². The Morgan fingerprint density at radius 2 is 1.83 bits per heavy atom. The van der Waals surface area contributed by atoms with Gasteiger partial charge in [-0.15, -0.1) is 0 Å². The summed E-state index contributed by atoms with van der Waals surface area (Å²) in [5.41, 5.74) is 2.84. The van der Waals surface area contributed by atoms with Gasteiger partial charge in [0.1, 0.15) is 23.8 Å². The molecule has 0 saturated heterocycles. The van der Waals surface area contributed by atoms with E-state index in [1.165, 1.54) is 24.3 Å². The Morgan fingerprint density at radius 1 is 1.11 bits per heavy atom. The minimum atomic E-state index is -4.24. The van der Waals surface area contributed by atoms with Gasteiger partial charge in [0.05, 0.1) is 23.5 Å². The van der Waals surface area contributed by atoms with Crippen molar-refractivity contribution in [1.82, 2.24) is 0 Å². The first-order valence-corrected chi connectivity index (χ1v) is 13.0. The van der Waals surface area contributed by atoms with Crippen molar-refractivity contribution in [1.29, 1.82) is 0 Å². The van der Waals surface area contributed by atoms with Crippen LogP contribution in [0, 0.1) is 6.92 Å². The molecule has 3 rings (SSSR count). The molecule has 0 fully saturated rings. The Labute approximate surface area is 215 Å². The molecule has 0 aliphatic carbocycles. The van der Waals surface area contributed by atoms with E-state index in [0.717, 1.165) is 15.4 Å². The maximum atomic E-state index is 13.3. The van der Waals surface area contributed by atoms with Crippen LogP contribution >= 0.6 is 11.6 Å². The van der Waals surface area contributed by atoms with Gasteiger partial charge in [-0.25, -0.2) is 8.42 Å². The number of carbonyl (C=O) groups is 1. The molecule has 8 nitrogen and oxygen atoms in total. The second-order valence-electron chi connectivity index (χ2n) is 7.83. The lowest BCUT2D eigenvalue weighted by Gasteiger charge is -2.24.